The number of benzene rings is 2. The number of nitrogens with one attached hydrogen (secondary N) is 2. The van der Waals surface area contributed by atoms with E-state index in [1.165, 1.54) is 0 Å². The molecular weight excluding hydrogens is 508 g/mol. The maximum Gasteiger partial charge on any atom is 0.218 e. The van der Waals surface area contributed by atoms with Crippen molar-refractivity contribution in [1.29, 1.82) is 5.26 Å². The highest BCUT2D eigenvalue weighted by Gasteiger charge is 2.25. The zero-order valence-electron chi connectivity index (χ0n) is 22.4. The van der Waals surface area contributed by atoms with Gasteiger partial charge < -0.3 is 15.2 Å². The van der Waals surface area contributed by atoms with E-state index in [9.17, 15) is 13.7 Å². The smallest absolute Gasteiger partial charge is 0.218 e. The molecule has 0 aliphatic carbocycles. The Kier molecular flexibility index (Phi) is 7.53. The normalized spacial score (nSPS) is 15.1. The van der Waals surface area contributed by atoms with Crippen LogP contribution in [-0.4, -0.2) is 60.8 Å². The molecule has 1 saturated heterocycles. The number of H-pyrrole nitrogens is 1. The summed E-state index contributed by atoms with van der Waals surface area (Å²) in [6.45, 7) is 6.54. The van der Waals surface area contributed by atoms with E-state index < -0.39 is 10.0 Å². The molecule has 1 fully saturated rings. The van der Waals surface area contributed by atoms with E-state index >= 15 is 0 Å². The Bertz CT molecular complexity index is 1680. The second-order valence-corrected chi connectivity index (χ2v) is 12.0. The summed E-state index contributed by atoms with van der Waals surface area (Å²) < 4.78 is 27.2. The minimum atomic E-state index is -3.34. The molecule has 39 heavy (non-hydrogen) atoms. The SMILES string of the molecule is Cc1nc(Nc2ccc3[nH]ccc3c2C)c(C#N)cc1C=Cc1ccc(CS(=O)(=O)N2CCN(C)CC2)cc1. The van der Waals surface area contributed by atoms with E-state index in [0.29, 0.717) is 24.5 Å². The van der Waals surface area contributed by atoms with E-state index in [1.807, 2.05) is 87.8 Å². The Hall–Kier alpha value is -3.97. The number of aromatic amines is 1. The summed E-state index contributed by atoms with van der Waals surface area (Å²) in [5, 5.41) is 14.3. The van der Waals surface area contributed by atoms with Gasteiger partial charge in [-0.15, -0.1) is 0 Å². The highest BCUT2D eigenvalue weighted by Crippen LogP contribution is 2.29. The van der Waals surface area contributed by atoms with Crippen LogP contribution in [0.25, 0.3) is 23.1 Å². The predicted octanol–water partition coefficient (Wildman–Crippen LogP) is 5.04. The lowest BCUT2D eigenvalue weighted by atomic mass is 10.1. The molecular formula is C30H32N6O2S. The molecule has 4 aromatic rings. The molecule has 0 spiro atoms. The van der Waals surface area contributed by atoms with Crippen molar-refractivity contribution in [3.8, 4) is 6.07 Å². The number of likely N-dealkylation sites (N-methyl/N-ethyl adjacent to an activating group) is 1. The van der Waals surface area contributed by atoms with Gasteiger partial charge >= 0.3 is 0 Å². The largest absolute Gasteiger partial charge is 0.361 e. The fraction of sp³-hybridized carbons (Fsp3) is 0.267. The Labute approximate surface area is 229 Å². The number of rotatable bonds is 7. The number of aromatic nitrogens is 2. The van der Waals surface area contributed by atoms with E-state index in [4.69, 9.17) is 4.98 Å². The lowest BCUT2D eigenvalue weighted by Gasteiger charge is -2.31. The number of nitrogens with zero attached hydrogens (tertiary/aromatic N) is 4. The summed E-state index contributed by atoms with van der Waals surface area (Å²) in [5.41, 5.74) is 6.85. The zero-order valence-corrected chi connectivity index (χ0v) is 23.2. The maximum absolute atomic E-state index is 12.8. The van der Waals surface area contributed by atoms with Crippen molar-refractivity contribution in [2.24, 2.45) is 0 Å². The lowest BCUT2D eigenvalue weighted by Crippen LogP contribution is -2.47. The van der Waals surface area contributed by atoms with Crippen LogP contribution in [0, 0.1) is 25.2 Å². The molecule has 0 radical (unpaired) electrons. The summed E-state index contributed by atoms with van der Waals surface area (Å²) in [6.07, 6.45) is 5.79. The molecule has 2 aromatic carbocycles. The first-order valence-electron chi connectivity index (χ1n) is 12.9. The Morgan fingerprint density at radius 3 is 2.51 bits per heavy atom. The third-order valence-corrected chi connectivity index (χ3v) is 9.12. The highest BCUT2D eigenvalue weighted by molar-refractivity contribution is 7.88. The summed E-state index contributed by atoms with van der Waals surface area (Å²) in [7, 11) is -1.33. The summed E-state index contributed by atoms with van der Waals surface area (Å²) in [5.74, 6) is 0.524. The number of aryl methyl sites for hydroxylation is 2. The third kappa shape index (κ3) is 5.88. The van der Waals surface area contributed by atoms with Crippen LogP contribution in [0.4, 0.5) is 11.5 Å². The first-order chi connectivity index (χ1) is 18.7. The van der Waals surface area contributed by atoms with Gasteiger partial charge in [0.15, 0.2) is 0 Å². The van der Waals surface area contributed by atoms with Gasteiger partial charge in [-0.25, -0.2) is 13.4 Å². The van der Waals surface area contributed by atoms with Gasteiger partial charge in [0.25, 0.3) is 0 Å². The van der Waals surface area contributed by atoms with Crippen LogP contribution in [0.2, 0.25) is 0 Å². The zero-order chi connectivity index (χ0) is 27.6. The molecule has 0 bridgehead atoms. The number of anilines is 2. The molecule has 0 amide bonds. The van der Waals surface area contributed by atoms with Gasteiger partial charge in [0, 0.05) is 54.7 Å². The molecule has 1 aliphatic rings. The summed E-state index contributed by atoms with van der Waals surface area (Å²) in [4.78, 5) is 10.0. The van der Waals surface area contributed by atoms with Crippen LogP contribution in [-0.2, 0) is 15.8 Å². The van der Waals surface area contributed by atoms with Crippen molar-refractivity contribution in [2.75, 3.05) is 38.5 Å². The minimum Gasteiger partial charge on any atom is -0.361 e. The van der Waals surface area contributed by atoms with Crippen LogP contribution in [0.1, 0.15) is 33.5 Å². The molecule has 0 atom stereocenters. The van der Waals surface area contributed by atoms with Crippen molar-refractivity contribution < 1.29 is 8.42 Å². The van der Waals surface area contributed by atoms with Gasteiger partial charge in [-0.05, 0) is 67.4 Å². The number of piperazine rings is 1. The first-order valence-corrected chi connectivity index (χ1v) is 14.5. The van der Waals surface area contributed by atoms with Crippen LogP contribution < -0.4 is 5.32 Å². The average molecular weight is 541 g/mol. The molecule has 2 aromatic heterocycles. The molecule has 3 heterocycles. The first kappa shape index (κ1) is 26.6. The molecule has 8 nitrogen and oxygen atoms in total. The minimum absolute atomic E-state index is 0.000220. The van der Waals surface area contributed by atoms with Gasteiger partial charge in [-0.3, -0.25) is 0 Å². The number of hydrogen-bond acceptors (Lipinski definition) is 6. The Balaban J connectivity index is 1.29. The summed E-state index contributed by atoms with van der Waals surface area (Å²) in [6, 6.07) is 17.7. The fourth-order valence-electron chi connectivity index (χ4n) is 4.80. The molecule has 2 N–H and O–H groups in total. The van der Waals surface area contributed by atoms with Gasteiger partial charge in [-0.2, -0.15) is 9.57 Å². The highest BCUT2D eigenvalue weighted by atomic mass is 32.2. The van der Waals surface area contributed by atoms with Gasteiger partial charge in [0.1, 0.15) is 11.9 Å². The van der Waals surface area contributed by atoms with E-state index in [1.54, 1.807) is 4.31 Å². The molecule has 200 valence electrons. The van der Waals surface area contributed by atoms with Gasteiger partial charge in [0.2, 0.25) is 10.0 Å². The molecule has 0 unspecified atom stereocenters. The quantitative estimate of drug-likeness (QED) is 0.340. The Morgan fingerprint density at radius 2 is 1.79 bits per heavy atom. The third-order valence-electron chi connectivity index (χ3n) is 7.27. The molecule has 1 aliphatic heterocycles. The maximum atomic E-state index is 12.8. The van der Waals surface area contributed by atoms with Crippen molar-refractivity contribution in [3.63, 3.8) is 0 Å². The van der Waals surface area contributed by atoms with Gasteiger partial charge in [0.05, 0.1) is 11.3 Å². The van der Waals surface area contributed by atoms with Crippen LogP contribution >= 0.6 is 0 Å². The number of pyridine rings is 1. The van der Waals surface area contributed by atoms with Crippen molar-refractivity contribution in [2.45, 2.75) is 19.6 Å². The second-order valence-electron chi connectivity index (χ2n) is 10.0. The van der Waals surface area contributed by atoms with Crippen molar-refractivity contribution >= 4 is 44.6 Å². The monoisotopic (exact) mass is 540 g/mol. The van der Waals surface area contributed by atoms with E-state index in [2.05, 4.69) is 21.3 Å². The van der Waals surface area contributed by atoms with Crippen molar-refractivity contribution in [3.05, 3.63) is 88.2 Å². The Morgan fingerprint density at radius 1 is 1.05 bits per heavy atom. The molecule has 0 saturated carbocycles. The topological polar surface area (TPSA) is 105 Å². The molecule has 5 rings (SSSR count). The number of nitriles is 1. The predicted molar refractivity (Wildman–Crippen MR) is 157 cm³/mol. The lowest BCUT2D eigenvalue weighted by molar-refractivity contribution is 0.222. The standard InChI is InChI=1S/C30H32N6O2S/c1-21-27-12-13-32-29(27)11-10-28(21)34-30-26(19-31)18-25(22(2)33-30)9-8-23-4-6-24(7-5-23)20-39(37,38)36-16-14-35(3)15-17-36/h4-13,18,32H,14-17,20H2,1-3H3,(H,33,34). The fourth-order valence-corrected chi connectivity index (χ4v) is 6.31. The number of sulfonamides is 1. The van der Waals surface area contributed by atoms with Crippen LogP contribution in [0.5, 0.6) is 0 Å². The van der Waals surface area contributed by atoms with E-state index in [-0.39, 0.29) is 5.75 Å². The van der Waals surface area contributed by atoms with Crippen molar-refractivity contribution in [1.82, 2.24) is 19.2 Å². The van der Waals surface area contributed by atoms with Gasteiger partial charge in [-0.1, -0.05) is 36.4 Å². The number of fused-ring (bicyclic) bond motifs is 1. The average Bonchev–Trinajstić information content (AvgIpc) is 3.40. The van der Waals surface area contributed by atoms with E-state index in [0.717, 1.165) is 57.6 Å². The number of hydrogen-bond donors (Lipinski definition) is 2. The van der Waals surface area contributed by atoms with Crippen LogP contribution in [0.15, 0.2) is 54.7 Å². The molecule has 9 heteroatoms. The second kappa shape index (κ2) is 11.0. The summed E-state index contributed by atoms with van der Waals surface area (Å²) >= 11 is 0. The van der Waals surface area contributed by atoms with Crippen LogP contribution in [0.3, 0.4) is 0 Å².